The van der Waals surface area contributed by atoms with Crippen LogP contribution in [0.5, 0.6) is 0 Å². The van der Waals surface area contributed by atoms with Crippen LogP contribution in [0.1, 0.15) is 271 Å². The Balaban J connectivity index is 4.23. The van der Waals surface area contributed by atoms with Crippen LogP contribution in [-0.2, 0) is 18.4 Å². The summed E-state index contributed by atoms with van der Waals surface area (Å²) in [5.74, 6) is -0.208. The van der Waals surface area contributed by atoms with Crippen molar-refractivity contribution in [3.63, 3.8) is 0 Å². The lowest BCUT2D eigenvalue weighted by Gasteiger charge is -2.30. The fourth-order valence-corrected chi connectivity index (χ4v) is 9.66. The first kappa shape index (κ1) is 73.4. The van der Waals surface area contributed by atoms with Gasteiger partial charge in [-0.1, -0.05) is 284 Å². The van der Waals surface area contributed by atoms with Crippen LogP contribution < -0.4 is 10.2 Å². The lowest BCUT2D eigenvalue weighted by molar-refractivity contribution is -0.870. The van der Waals surface area contributed by atoms with Gasteiger partial charge in [0.25, 0.3) is 7.82 Å². The topological polar surface area (TPSA) is 108 Å². The molecule has 0 heterocycles. The van der Waals surface area contributed by atoms with Gasteiger partial charge in [0.2, 0.25) is 5.91 Å². The molecule has 9 heteroatoms. The summed E-state index contributed by atoms with van der Waals surface area (Å²) in [5.41, 5.74) is 0. The predicted octanol–water partition coefficient (Wildman–Crippen LogP) is 19.1. The number of aliphatic hydroxyl groups excluding tert-OH is 1. The molecular formula is C67H121N2O6P. The maximum absolute atomic E-state index is 13.0. The van der Waals surface area contributed by atoms with Crippen molar-refractivity contribution in [2.24, 2.45) is 0 Å². The van der Waals surface area contributed by atoms with E-state index in [1.165, 1.54) is 154 Å². The number of carbonyl (C=O) groups is 1. The van der Waals surface area contributed by atoms with E-state index in [9.17, 15) is 19.4 Å². The number of amides is 1. The predicted molar refractivity (Wildman–Crippen MR) is 329 cm³/mol. The van der Waals surface area contributed by atoms with E-state index in [-0.39, 0.29) is 19.1 Å². The number of likely N-dealkylation sites (N-methyl/N-ethyl adjacent to an activating group) is 1. The third kappa shape index (κ3) is 59.1. The van der Waals surface area contributed by atoms with Gasteiger partial charge in [0, 0.05) is 6.42 Å². The summed E-state index contributed by atoms with van der Waals surface area (Å²) in [5, 5.41) is 14.0. The highest BCUT2D eigenvalue weighted by Gasteiger charge is 2.24. The number of hydrogen-bond acceptors (Lipinski definition) is 6. The summed E-state index contributed by atoms with van der Waals surface area (Å²) >= 11 is 0. The molecule has 0 aliphatic carbocycles. The molecule has 0 saturated carbocycles. The highest BCUT2D eigenvalue weighted by Crippen LogP contribution is 2.38. The van der Waals surface area contributed by atoms with Crippen molar-refractivity contribution in [1.29, 1.82) is 0 Å². The quantitative estimate of drug-likeness (QED) is 0.0272. The molecule has 0 spiro atoms. The molecule has 440 valence electrons. The molecule has 0 fully saturated rings. The second-order valence-electron chi connectivity index (χ2n) is 22.4. The molecule has 8 nitrogen and oxygen atoms in total. The minimum Gasteiger partial charge on any atom is -0.756 e. The Labute approximate surface area is 470 Å². The zero-order valence-electron chi connectivity index (χ0n) is 50.2. The maximum Gasteiger partial charge on any atom is 0.268 e. The lowest BCUT2D eigenvalue weighted by atomic mass is 10.0. The zero-order chi connectivity index (χ0) is 55.6. The Morgan fingerprint density at radius 3 is 1.14 bits per heavy atom. The van der Waals surface area contributed by atoms with Crippen molar-refractivity contribution in [1.82, 2.24) is 5.32 Å². The van der Waals surface area contributed by atoms with E-state index in [0.717, 1.165) is 83.5 Å². The normalized spacial score (nSPS) is 14.5. The highest BCUT2D eigenvalue weighted by atomic mass is 31.2. The fourth-order valence-electron chi connectivity index (χ4n) is 8.94. The number of hydrogen-bond donors (Lipinski definition) is 2. The minimum absolute atomic E-state index is 0.00146. The minimum atomic E-state index is -4.60. The van der Waals surface area contributed by atoms with Gasteiger partial charge in [-0.3, -0.25) is 9.36 Å². The second kappa shape index (κ2) is 57.1. The van der Waals surface area contributed by atoms with E-state index < -0.39 is 20.0 Å². The summed E-state index contributed by atoms with van der Waals surface area (Å²) in [6, 6.07) is -0.833. The van der Waals surface area contributed by atoms with Crippen LogP contribution in [0.4, 0.5) is 0 Å². The number of phosphoric ester groups is 1. The maximum atomic E-state index is 13.0. The van der Waals surface area contributed by atoms with Crippen LogP contribution in [0.25, 0.3) is 0 Å². The van der Waals surface area contributed by atoms with E-state index >= 15 is 0 Å². The van der Waals surface area contributed by atoms with Crippen molar-refractivity contribution >= 4 is 13.7 Å². The number of carbonyl (C=O) groups excluding carboxylic acids is 1. The molecule has 0 aliphatic heterocycles. The Morgan fingerprint density at radius 2 is 0.803 bits per heavy atom. The average molecular weight is 1080 g/mol. The first-order valence-electron chi connectivity index (χ1n) is 31.6. The Hall–Kier alpha value is -2.58. The molecule has 2 N–H and O–H groups in total. The highest BCUT2D eigenvalue weighted by molar-refractivity contribution is 7.45. The van der Waals surface area contributed by atoms with Crippen LogP contribution in [0.2, 0.25) is 0 Å². The van der Waals surface area contributed by atoms with Crippen LogP contribution in [0.15, 0.2) is 97.2 Å². The lowest BCUT2D eigenvalue weighted by Crippen LogP contribution is -2.46. The average Bonchev–Trinajstić information content (AvgIpc) is 3.38. The number of nitrogens with one attached hydrogen (secondary N) is 1. The van der Waals surface area contributed by atoms with Gasteiger partial charge in [-0.25, -0.2) is 0 Å². The molecule has 0 aromatic heterocycles. The van der Waals surface area contributed by atoms with Crippen LogP contribution in [-0.4, -0.2) is 68.5 Å². The molecule has 76 heavy (non-hydrogen) atoms. The van der Waals surface area contributed by atoms with Gasteiger partial charge in [-0.05, 0) is 77.0 Å². The molecule has 0 aromatic carbocycles. The molecule has 0 bridgehead atoms. The monoisotopic (exact) mass is 1080 g/mol. The van der Waals surface area contributed by atoms with E-state index in [1.807, 2.05) is 21.1 Å². The summed E-state index contributed by atoms with van der Waals surface area (Å²) in [6.07, 6.45) is 81.8. The summed E-state index contributed by atoms with van der Waals surface area (Å²) in [4.78, 5) is 25.6. The number of rotatable bonds is 57. The summed E-state index contributed by atoms with van der Waals surface area (Å²) in [6.45, 7) is 4.59. The Morgan fingerprint density at radius 1 is 0.474 bits per heavy atom. The SMILES string of the molecule is CC/C=C\C/C=C\C/C=C\C/C=C\C/C=C\C/C=C\C/C=C\C/C=C\CCCCC(=O)NC(COP(=O)([O-])OCC[N+](C)(C)C)C(O)CCCCCCCCCCCCCCCCCCCCCCCCCCCCC. The number of nitrogens with zero attached hydrogens (tertiary/aromatic N) is 1. The van der Waals surface area contributed by atoms with Gasteiger partial charge in [0.05, 0.1) is 39.9 Å². The van der Waals surface area contributed by atoms with Crippen molar-refractivity contribution in [3.05, 3.63) is 97.2 Å². The third-order valence-corrected chi connectivity index (χ3v) is 14.8. The van der Waals surface area contributed by atoms with Gasteiger partial charge in [0.15, 0.2) is 0 Å². The smallest absolute Gasteiger partial charge is 0.268 e. The second-order valence-corrected chi connectivity index (χ2v) is 23.8. The summed E-state index contributed by atoms with van der Waals surface area (Å²) < 4.78 is 23.5. The van der Waals surface area contributed by atoms with Crippen molar-refractivity contribution < 1.29 is 32.9 Å². The molecule has 0 aromatic rings. The van der Waals surface area contributed by atoms with Crippen molar-refractivity contribution in [3.8, 4) is 0 Å². The molecule has 0 saturated heterocycles. The largest absolute Gasteiger partial charge is 0.756 e. The number of allylic oxidation sites excluding steroid dienone is 16. The van der Waals surface area contributed by atoms with Gasteiger partial charge in [0.1, 0.15) is 13.2 Å². The molecule has 1 amide bonds. The molecule has 0 radical (unpaired) electrons. The van der Waals surface area contributed by atoms with Crippen molar-refractivity contribution in [2.75, 3.05) is 40.9 Å². The van der Waals surface area contributed by atoms with Gasteiger partial charge < -0.3 is 28.8 Å². The van der Waals surface area contributed by atoms with Gasteiger partial charge in [-0.15, -0.1) is 0 Å². The number of quaternary nitrogens is 1. The molecule has 3 atom stereocenters. The van der Waals surface area contributed by atoms with Crippen LogP contribution in [0, 0.1) is 0 Å². The molecule has 0 aliphatic rings. The zero-order valence-corrected chi connectivity index (χ0v) is 51.1. The van der Waals surface area contributed by atoms with Gasteiger partial charge in [-0.2, -0.15) is 0 Å². The van der Waals surface area contributed by atoms with E-state index in [1.54, 1.807) is 0 Å². The Bertz CT molecular complexity index is 1560. The molecular weight excluding hydrogens is 960 g/mol. The third-order valence-electron chi connectivity index (χ3n) is 13.8. The number of aliphatic hydroxyl groups is 1. The van der Waals surface area contributed by atoms with E-state index in [4.69, 9.17) is 9.05 Å². The fraction of sp³-hybridized carbons (Fsp3) is 0.746. The number of unbranched alkanes of at least 4 members (excludes halogenated alkanes) is 28. The molecule has 0 rings (SSSR count). The van der Waals surface area contributed by atoms with Crippen LogP contribution in [0.3, 0.4) is 0 Å². The van der Waals surface area contributed by atoms with E-state index in [0.29, 0.717) is 30.3 Å². The van der Waals surface area contributed by atoms with Crippen molar-refractivity contribution in [2.45, 2.75) is 283 Å². The first-order chi connectivity index (χ1) is 37.0. The molecule has 3 unspecified atom stereocenters. The summed E-state index contributed by atoms with van der Waals surface area (Å²) in [7, 11) is 1.27. The number of phosphoric acid groups is 1. The van der Waals surface area contributed by atoms with E-state index in [2.05, 4.69) is 116 Å². The Kier molecular flexibility index (Phi) is 55.2. The first-order valence-corrected chi connectivity index (χ1v) is 33.0. The standard InChI is InChI=1S/C67H121N2O6P/c1-6-8-10-12-14-16-18-20-22-24-26-28-30-32-34-36-38-40-42-44-46-48-50-52-54-56-58-60-66(70)65(64-75-76(72,73)74-63-62-69(3,4)5)68-67(71)61-59-57-55-53-51-49-47-45-43-41-39-37-35-33-31-29-27-25-23-21-19-17-15-13-11-9-7-2/h9,11,15,17,21,23,27,29,33,35,39,41,45,47,51,53,65-66,70H,6-8,10,12-14,16,18-20,22,24-26,28,30-32,34,36-38,40,42-44,46,48-50,52,54-64H2,1-5H3,(H-,68,71,72,73)/b11-9-,17-15-,23-21-,29-27-,35-33-,41-39-,47-45-,53-51-. The van der Waals surface area contributed by atoms with Gasteiger partial charge >= 0.3 is 0 Å². The van der Waals surface area contributed by atoms with Crippen LogP contribution >= 0.6 is 7.82 Å².